The van der Waals surface area contributed by atoms with Crippen molar-refractivity contribution in [3.8, 4) is 5.88 Å². The van der Waals surface area contributed by atoms with Crippen molar-refractivity contribution >= 4 is 11.6 Å². The fourth-order valence-corrected chi connectivity index (χ4v) is 2.68. The molecule has 118 valence electrons. The maximum absolute atomic E-state index is 6.24. The maximum atomic E-state index is 6.24. The first-order valence-corrected chi connectivity index (χ1v) is 7.91. The van der Waals surface area contributed by atoms with E-state index in [1.165, 1.54) is 0 Å². The summed E-state index contributed by atoms with van der Waals surface area (Å²) < 4.78 is 11.9. The average molecular weight is 313 g/mol. The van der Waals surface area contributed by atoms with Gasteiger partial charge in [0.2, 0.25) is 5.88 Å². The number of aromatic nitrogens is 2. The molecule has 0 aliphatic carbocycles. The molecule has 0 bridgehead atoms. The first kappa shape index (κ1) is 16.5. The zero-order valence-electron chi connectivity index (χ0n) is 13.7. The van der Waals surface area contributed by atoms with Crippen LogP contribution in [0.2, 0.25) is 5.15 Å². The second kappa shape index (κ2) is 6.09. The summed E-state index contributed by atoms with van der Waals surface area (Å²) in [6.07, 6.45) is 2.27. The lowest BCUT2D eigenvalue weighted by Crippen LogP contribution is -2.36. The van der Waals surface area contributed by atoms with E-state index < -0.39 is 0 Å². The third-order valence-electron chi connectivity index (χ3n) is 3.65. The predicted molar refractivity (Wildman–Crippen MR) is 84.1 cm³/mol. The van der Waals surface area contributed by atoms with Gasteiger partial charge in [0.25, 0.3) is 0 Å². The van der Waals surface area contributed by atoms with Crippen LogP contribution in [0.3, 0.4) is 0 Å². The second-order valence-electron chi connectivity index (χ2n) is 6.99. The molecule has 21 heavy (non-hydrogen) atoms. The molecule has 0 N–H and O–H groups in total. The summed E-state index contributed by atoms with van der Waals surface area (Å²) in [4.78, 5) is 8.97. The Morgan fingerprint density at radius 1 is 1.14 bits per heavy atom. The van der Waals surface area contributed by atoms with E-state index in [0.717, 1.165) is 18.4 Å². The molecule has 1 fully saturated rings. The number of hydrogen-bond acceptors (Lipinski definition) is 4. The highest BCUT2D eigenvalue weighted by Gasteiger charge is 2.28. The van der Waals surface area contributed by atoms with Crippen molar-refractivity contribution in [2.24, 2.45) is 0 Å². The average Bonchev–Trinajstić information content (AvgIpc) is 2.32. The Bertz CT molecular complexity index is 504. The Balaban J connectivity index is 2.25. The van der Waals surface area contributed by atoms with Gasteiger partial charge in [0.1, 0.15) is 17.1 Å². The number of rotatable bonds is 2. The molecular formula is C16H25ClN2O2. The van der Waals surface area contributed by atoms with Gasteiger partial charge < -0.3 is 9.47 Å². The van der Waals surface area contributed by atoms with Crippen molar-refractivity contribution in [2.75, 3.05) is 0 Å². The van der Waals surface area contributed by atoms with Crippen LogP contribution < -0.4 is 4.74 Å². The summed E-state index contributed by atoms with van der Waals surface area (Å²) in [7, 11) is 0. The fraction of sp³-hybridized carbons (Fsp3) is 0.750. The predicted octanol–water partition coefficient (Wildman–Crippen LogP) is 4.07. The summed E-state index contributed by atoms with van der Waals surface area (Å²) in [5.74, 6) is 1.31. The van der Waals surface area contributed by atoms with Gasteiger partial charge in [0.15, 0.2) is 0 Å². The Morgan fingerprint density at radius 2 is 1.71 bits per heavy atom. The van der Waals surface area contributed by atoms with Crippen LogP contribution in [-0.4, -0.2) is 28.3 Å². The molecule has 1 aliphatic heterocycles. The maximum Gasteiger partial charge on any atom is 0.221 e. The van der Waals surface area contributed by atoms with Crippen molar-refractivity contribution in [1.82, 2.24) is 9.97 Å². The van der Waals surface area contributed by atoms with Crippen LogP contribution in [0.1, 0.15) is 58.8 Å². The first-order chi connectivity index (χ1) is 9.66. The van der Waals surface area contributed by atoms with Gasteiger partial charge in [-0.2, -0.15) is 4.98 Å². The molecule has 0 aromatic carbocycles. The summed E-state index contributed by atoms with van der Waals surface area (Å²) >= 11 is 6.24. The van der Waals surface area contributed by atoms with Gasteiger partial charge in [0.05, 0.1) is 12.2 Å². The minimum absolute atomic E-state index is 0.112. The van der Waals surface area contributed by atoms with Crippen LogP contribution in [0.4, 0.5) is 0 Å². The van der Waals surface area contributed by atoms with Gasteiger partial charge >= 0.3 is 0 Å². The van der Waals surface area contributed by atoms with E-state index in [0.29, 0.717) is 16.9 Å². The number of hydrogen-bond donors (Lipinski definition) is 0. The van der Waals surface area contributed by atoms with Crippen LogP contribution >= 0.6 is 11.6 Å². The number of nitrogens with zero attached hydrogens (tertiary/aromatic N) is 2. The van der Waals surface area contributed by atoms with E-state index in [1.54, 1.807) is 0 Å². The van der Waals surface area contributed by atoms with Gasteiger partial charge in [-0.15, -0.1) is 0 Å². The molecule has 0 spiro atoms. The molecule has 1 aromatic heterocycles. The molecule has 2 unspecified atom stereocenters. The highest BCUT2D eigenvalue weighted by molar-refractivity contribution is 6.30. The molecule has 0 amide bonds. The zero-order chi connectivity index (χ0) is 15.8. The lowest BCUT2D eigenvalue weighted by Gasteiger charge is -2.32. The van der Waals surface area contributed by atoms with Gasteiger partial charge in [0, 0.05) is 23.8 Å². The standard InChI is InChI=1S/C16H25ClN2O2/c1-9-7-12(8-10(2)20-9)21-14-11(3)13(17)18-15(19-14)16(4,5)6/h9-10,12H,7-8H2,1-6H3. The Labute approximate surface area is 132 Å². The zero-order valence-corrected chi connectivity index (χ0v) is 14.5. The van der Waals surface area contributed by atoms with Crippen molar-refractivity contribution < 1.29 is 9.47 Å². The van der Waals surface area contributed by atoms with Gasteiger partial charge in [-0.25, -0.2) is 4.98 Å². The Kier molecular flexibility index (Phi) is 4.79. The molecule has 5 heteroatoms. The smallest absolute Gasteiger partial charge is 0.221 e. The largest absolute Gasteiger partial charge is 0.474 e. The topological polar surface area (TPSA) is 44.2 Å². The fourth-order valence-electron chi connectivity index (χ4n) is 2.52. The van der Waals surface area contributed by atoms with Crippen LogP contribution in [0.5, 0.6) is 5.88 Å². The number of ether oxygens (including phenoxy) is 2. The van der Waals surface area contributed by atoms with Crippen LogP contribution in [-0.2, 0) is 10.2 Å². The van der Waals surface area contributed by atoms with Crippen molar-refractivity contribution in [3.05, 3.63) is 16.5 Å². The molecule has 4 nitrogen and oxygen atoms in total. The first-order valence-electron chi connectivity index (χ1n) is 7.53. The third kappa shape index (κ3) is 4.07. The molecular weight excluding hydrogens is 288 g/mol. The minimum Gasteiger partial charge on any atom is -0.474 e. The molecule has 1 saturated heterocycles. The molecule has 1 aliphatic rings. The molecule has 0 saturated carbocycles. The number of halogens is 1. The van der Waals surface area contributed by atoms with E-state index in [2.05, 4.69) is 44.6 Å². The normalized spacial score (nSPS) is 26.7. The Morgan fingerprint density at radius 3 is 2.24 bits per heavy atom. The quantitative estimate of drug-likeness (QED) is 0.772. The van der Waals surface area contributed by atoms with Crippen LogP contribution in [0.25, 0.3) is 0 Å². The van der Waals surface area contributed by atoms with Gasteiger partial charge in [-0.1, -0.05) is 32.4 Å². The third-order valence-corrected chi connectivity index (χ3v) is 4.01. The Hall–Kier alpha value is -0.870. The van der Waals surface area contributed by atoms with E-state index in [4.69, 9.17) is 21.1 Å². The van der Waals surface area contributed by atoms with E-state index in [1.807, 2.05) is 6.92 Å². The highest BCUT2D eigenvalue weighted by Crippen LogP contribution is 2.30. The van der Waals surface area contributed by atoms with Crippen LogP contribution in [0, 0.1) is 6.92 Å². The molecule has 2 rings (SSSR count). The molecule has 2 atom stereocenters. The van der Waals surface area contributed by atoms with Gasteiger partial charge in [-0.3, -0.25) is 0 Å². The van der Waals surface area contributed by atoms with Crippen molar-refractivity contribution in [2.45, 2.75) is 78.1 Å². The summed E-state index contributed by atoms with van der Waals surface area (Å²) in [5.41, 5.74) is 0.641. The summed E-state index contributed by atoms with van der Waals surface area (Å²) in [6.45, 7) is 12.2. The van der Waals surface area contributed by atoms with E-state index in [-0.39, 0.29) is 23.7 Å². The van der Waals surface area contributed by atoms with E-state index in [9.17, 15) is 0 Å². The van der Waals surface area contributed by atoms with E-state index >= 15 is 0 Å². The van der Waals surface area contributed by atoms with Crippen molar-refractivity contribution in [3.63, 3.8) is 0 Å². The highest BCUT2D eigenvalue weighted by atomic mass is 35.5. The lowest BCUT2D eigenvalue weighted by atomic mass is 9.95. The lowest BCUT2D eigenvalue weighted by molar-refractivity contribution is -0.0731. The molecule has 2 heterocycles. The minimum atomic E-state index is -0.161. The summed E-state index contributed by atoms with van der Waals surface area (Å²) in [6, 6.07) is 0. The molecule has 1 aromatic rings. The SMILES string of the molecule is Cc1c(Cl)nc(C(C)(C)C)nc1OC1CC(C)OC(C)C1. The van der Waals surface area contributed by atoms with Gasteiger partial charge in [-0.05, 0) is 20.8 Å². The molecule has 0 radical (unpaired) electrons. The van der Waals surface area contributed by atoms with Crippen molar-refractivity contribution in [1.29, 1.82) is 0 Å². The van der Waals surface area contributed by atoms with Crippen LogP contribution in [0.15, 0.2) is 0 Å². The summed E-state index contributed by atoms with van der Waals surface area (Å²) in [5, 5.41) is 0.470. The monoisotopic (exact) mass is 312 g/mol. The second-order valence-corrected chi connectivity index (χ2v) is 7.34.